The van der Waals surface area contributed by atoms with Gasteiger partial charge in [0.1, 0.15) is 11.3 Å². The Bertz CT molecular complexity index is 1010. The van der Waals surface area contributed by atoms with Crippen LogP contribution >= 0.6 is 0 Å². The molecule has 1 saturated carbocycles. The van der Waals surface area contributed by atoms with Gasteiger partial charge in [0.25, 0.3) is 0 Å². The van der Waals surface area contributed by atoms with E-state index in [9.17, 15) is 18.0 Å². The SMILES string of the molecule is CC(c1ccc2ccc(O[C@H]3CC[C@@H](C)CC3)c(C(F)(F)F)c2c1)N1CCC[C@H](CC(=O)O)C1. The smallest absolute Gasteiger partial charge is 0.420 e. The van der Waals surface area contributed by atoms with Gasteiger partial charge in [-0.25, -0.2) is 0 Å². The van der Waals surface area contributed by atoms with E-state index in [4.69, 9.17) is 9.84 Å². The average molecular weight is 478 g/mol. The van der Waals surface area contributed by atoms with Crippen LogP contribution < -0.4 is 4.74 Å². The van der Waals surface area contributed by atoms with Crippen molar-refractivity contribution in [3.63, 3.8) is 0 Å². The van der Waals surface area contributed by atoms with Gasteiger partial charge in [0.2, 0.25) is 0 Å². The van der Waals surface area contributed by atoms with E-state index in [0.717, 1.165) is 50.6 Å². The molecule has 1 aliphatic heterocycles. The van der Waals surface area contributed by atoms with Crippen LogP contribution in [0.5, 0.6) is 5.75 Å². The zero-order chi connectivity index (χ0) is 24.5. The summed E-state index contributed by atoms with van der Waals surface area (Å²) in [4.78, 5) is 13.3. The summed E-state index contributed by atoms with van der Waals surface area (Å²) in [6, 6.07) is 8.36. The Morgan fingerprint density at radius 1 is 1.15 bits per heavy atom. The van der Waals surface area contributed by atoms with Crippen molar-refractivity contribution in [1.82, 2.24) is 4.90 Å². The van der Waals surface area contributed by atoms with Gasteiger partial charge >= 0.3 is 12.1 Å². The molecule has 0 aromatic heterocycles. The van der Waals surface area contributed by atoms with Crippen LogP contribution in [0.25, 0.3) is 10.8 Å². The van der Waals surface area contributed by atoms with E-state index in [-0.39, 0.29) is 35.6 Å². The van der Waals surface area contributed by atoms with Crippen molar-refractivity contribution < 1.29 is 27.8 Å². The Hall–Kier alpha value is -2.28. The Kier molecular flexibility index (Phi) is 7.41. The van der Waals surface area contributed by atoms with Gasteiger partial charge in [-0.1, -0.05) is 25.1 Å². The monoisotopic (exact) mass is 477 g/mol. The number of alkyl halides is 3. The molecule has 4 rings (SSSR count). The Balaban J connectivity index is 1.64. The van der Waals surface area contributed by atoms with Gasteiger partial charge in [0.15, 0.2) is 0 Å². The molecule has 0 bridgehead atoms. The third-order valence-corrected chi connectivity index (χ3v) is 7.59. The average Bonchev–Trinajstić information content (AvgIpc) is 2.78. The van der Waals surface area contributed by atoms with Gasteiger partial charge < -0.3 is 9.84 Å². The van der Waals surface area contributed by atoms with Crippen molar-refractivity contribution in [3.8, 4) is 5.75 Å². The second-order valence-corrected chi connectivity index (χ2v) is 10.2. The second-order valence-electron chi connectivity index (χ2n) is 10.2. The first-order valence-corrected chi connectivity index (χ1v) is 12.4. The lowest BCUT2D eigenvalue weighted by Crippen LogP contribution is -2.38. The molecule has 0 spiro atoms. The van der Waals surface area contributed by atoms with Crippen molar-refractivity contribution in [2.24, 2.45) is 11.8 Å². The molecule has 34 heavy (non-hydrogen) atoms. The lowest BCUT2D eigenvalue weighted by atomic mass is 9.89. The molecule has 2 aromatic carbocycles. The van der Waals surface area contributed by atoms with Crippen molar-refractivity contribution in [2.75, 3.05) is 13.1 Å². The summed E-state index contributed by atoms with van der Waals surface area (Å²) in [6.45, 7) is 5.61. The molecule has 1 saturated heterocycles. The van der Waals surface area contributed by atoms with Gasteiger partial charge in [0, 0.05) is 19.0 Å². The lowest BCUT2D eigenvalue weighted by Gasteiger charge is -2.36. The van der Waals surface area contributed by atoms with E-state index in [2.05, 4.69) is 11.8 Å². The number of piperidine rings is 1. The minimum Gasteiger partial charge on any atom is -0.490 e. The summed E-state index contributed by atoms with van der Waals surface area (Å²) in [6.07, 6.45) is 0.667. The number of hydrogen-bond donors (Lipinski definition) is 1. The number of likely N-dealkylation sites (tertiary alicyclic amines) is 1. The molecule has 1 heterocycles. The highest BCUT2D eigenvalue weighted by molar-refractivity contribution is 5.89. The molecule has 2 fully saturated rings. The predicted octanol–water partition coefficient (Wildman–Crippen LogP) is 7.06. The van der Waals surface area contributed by atoms with Crippen LogP contribution in [0.2, 0.25) is 0 Å². The summed E-state index contributed by atoms with van der Waals surface area (Å²) < 4.78 is 48.9. The van der Waals surface area contributed by atoms with E-state index in [0.29, 0.717) is 17.8 Å². The van der Waals surface area contributed by atoms with Crippen LogP contribution in [0.3, 0.4) is 0 Å². The minimum absolute atomic E-state index is 0.0677. The molecule has 4 nitrogen and oxygen atoms in total. The van der Waals surface area contributed by atoms with Gasteiger partial charge in [-0.3, -0.25) is 9.69 Å². The maximum Gasteiger partial charge on any atom is 0.420 e. The van der Waals surface area contributed by atoms with Crippen LogP contribution in [-0.2, 0) is 11.0 Å². The Morgan fingerprint density at radius 3 is 2.53 bits per heavy atom. The Labute approximate surface area is 199 Å². The number of hydrogen-bond acceptors (Lipinski definition) is 3. The highest BCUT2D eigenvalue weighted by Crippen LogP contribution is 2.43. The first kappa shape index (κ1) is 24.8. The zero-order valence-electron chi connectivity index (χ0n) is 19.9. The first-order chi connectivity index (χ1) is 16.1. The number of benzene rings is 2. The Morgan fingerprint density at radius 2 is 1.85 bits per heavy atom. The number of rotatable bonds is 6. The van der Waals surface area contributed by atoms with Crippen molar-refractivity contribution in [2.45, 2.75) is 77.1 Å². The number of aliphatic carboxylic acids is 1. The van der Waals surface area contributed by atoms with Crippen molar-refractivity contribution in [3.05, 3.63) is 41.5 Å². The standard InChI is InChI=1S/C27H34F3NO3/c1-17-5-10-22(11-6-17)34-24-12-9-20-7-8-21(15-23(20)26(24)27(28,29)30)18(2)31-13-3-4-19(16-31)14-25(32)33/h7-9,12,15,17-19,22H,3-6,10-11,13-14,16H2,1-2H3,(H,32,33)/t17-,18?,19-,22+/m1/s1. The van der Waals surface area contributed by atoms with E-state index >= 15 is 0 Å². The number of ether oxygens (including phenoxy) is 1. The van der Waals surface area contributed by atoms with E-state index in [1.807, 2.05) is 13.0 Å². The van der Waals surface area contributed by atoms with E-state index in [1.54, 1.807) is 18.2 Å². The minimum atomic E-state index is -4.53. The van der Waals surface area contributed by atoms with Crippen molar-refractivity contribution in [1.29, 1.82) is 0 Å². The van der Waals surface area contributed by atoms with Crippen LogP contribution in [0.15, 0.2) is 30.3 Å². The molecule has 1 N–H and O–H groups in total. The number of halogens is 3. The fraction of sp³-hybridized carbons (Fsp3) is 0.593. The number of fused-ring (bicyclic) bond motifs is 1. The van der Waals surface area contributed by atoms with Crippen LogP contribution in [0.1, 0.15) is 76.0 Å². The number of carboxylic acids is 1. The molecule has 0 radical (unpaired) electrons. The lowest BCUT2D eigenvalue weighted by molar-refractivity contribution is -0.139. The quantitative estimate of drug-likeness (QED) is 0.484. The highest BCUT2D eigenvalue weighted by Gasteiger charge is 2.38. The van der Waals surface area contributed by atoms with E-state index < -0.39 is 17.7 Å². The molecular weight excluding hydrogens is 443 g/mol. The largest absolute Gasteiger partial charge is 0.490 e. The molecule has 7 heteroatoms. The highest BCUT2D eigenvalue weighted by atomic mass is 19.4. The predicted molar refractivity (Wildman–Crippen MR) is 126 cm³/mol. The summed E-state index contributed by atoms with van der Waals surface area (Å²) in [5, 5.41) is 9.85. The summed E-state index contributed by atoms with van der Waals surface area (Å²) in [5.74, 6) is -0.227. The molecule has 2 aliphatic rings. The normalized spacial score (nSPS) is 25.3. The maximum atomic E-state index is 14.3. The van der Waals surface area contributed by atoms with Crippen LogP contribution in [0.4, 0.5) is 13.2 Å². The third kappa shape index (κ3) is 5.68. The number of nitrogens with zero attached hydrogens (tertiary/aromatic N) is 1. The number of carboxylic acid groups (broad SMARTS) is 1. The molecule has 2 atom stereocenters. The third-order valence-electron chi connectivity index (χ3n) is 7.59. The summed E-state index contributed by atoms with van der Waals surface area (Å²) in [7, 11) is 0. The summed E-state index contributed by atoms with van der Waals surface area (Å²) in [5.41, 5.74) is 0.109. The van der Waals surface area contributed by atoms with Crippen molar-refractivity contribution >= 4 is 16.7 Å². The molecule has 2 aromatic rings. The molecule has 1 aliphatic carbocycles. The molecule has 1 unspecified atom stereocenters. The first-order valence-electron chi connectivity index (χ1n) is 12.4. The molecule has 186 valence electrons. The fourth-order valence-corrected chi connectivity index (χ4v) is 5.57. The van der Waals surface area contributed by atoms with Gasteiger partial charge in [0.05, 0.1) is 6.10 Å². The van der Waals surface area contributed by atoms with Crippen LogP contribution in [0, 0.1) is 11.8 Å². The van der Waals surface area contributed by atoms with Crippen LogP contribution in [-0.4, -0.2) is 35.2 Å². The maximum absolute atomic E-state index is 14.3. The fourth-order valence-electron chi connectivity index (χ4n) is 5.57. The second kappa shape index (κ2) is 10.1. The molecule has 0 amide bonds. The zero-order valence-corrected chi connectivity index (χ0v) is 19.9. The van der Waals surface area contributed by atoms with E-state index in [1.165, 1.54) is 6.07 Å². The topological polar surface area (TPSA) is 49.8 Å². The van der Waals surface area contributed by atoms with Gasteiger partial charge in [-0.2, -0.15) is 13.2 Å². The van der Waals surface area contributed by atoms with Gasteiger partial charge in [-0.05, 0) is 92.3 Å². The summed E-state index contributed by atoms with van der Waals surface area (Å²) >= 11 is 0. The molecular formula is C27H34F3NO3. The number of carbonyl (C=O) groups is 1. The van der Waals surface area contributed by atoms with Gasteiger partial charge in [-0.15, -0.1) is 0 Å².